The van der Waals surface area contributed by atoms with Gasteiger partial charge in [-0.25, -0.2) is 4.98 Å². The summed E-state index contributed by atoms with van der Waals surface area (Å²) in [6.07, 6.45) is 3.09. The monoisotopic (exact) mass is 441 g/mol. The maximum Gasteiger partial charge on any atom is 0.203 e. The molecule has 0 saturated carbocycles. The number of aromatic nitrogens is 2. The summed E-state index contributed by atoms with van der Waals surface area (Å²) in [6.45, 7) is 8.86. The van der Waals surface area contributed by atoms with Crippen molar-refractivity contribution in [2.24, 2.45) is 5.92 Å². The van der Waals surface area contributed by atoms with Gasteiger partial charge < -0.3 is 14.6 Å². The first-order chi connectivity index (χ1) is 13.6. The molecule has 1 aromatic heterocycles. The Kier molecular flexibility index (Phi) is 7.15. The second-order valence-electron chi connectivity index (χ2n) is 7.03. The summed E-state index contributed by atoms with van der Waals surface area (Å²) in [4.78, 5) is 4.68. The number of hydrogen-bond donors (Lipinski definition) is 1. The molecule has 0 radical (unpaired) electrons. The molecule has 0 aliphatic carbocycles. The Labute approximate surface area is 176 Å². The molecule has 0 fully saturated rings. The lowest BCUT2D eigenvalue weighted by Gasteiger charge is -2.17. The Morgan fingerprint density at radius 2 is 1.79 bits per heavy atom. The summed E-state index contributed by atoms with van der Waals surface area (Å²) >= 11 is 3.49. The largest absolute Gasteiger partial charge is 0.494 e. The van der Waals surface area contributed by atoms with Crippen LogP contribution in [0.2, 0.25) is 0 Å². The Bertz CT molecular complexity index is 872. The Hall–Kier alpha value is -2.27. The Balaban J connectivity index is 1.84. The predicted molar refractivity (Wildman–Crippen MR) is 120 cm³/mol. The number of rotatable bonds is 9. The number of imidazole rings is 1. The summed E-state index contributed by atoms with van der Waals surface area (Å²) < 4.78 is 8.96. The van der Waals surface area contributed by atoms with Crippen molar-refractivity contribution in [3.8, 4) is 17.0 Å². The zero-order chi connectivity index (χ0) is 19.9. The van der Waals surface area contributed by atoms with Gasteiger partial charge in [0, 0.05) is 23.1 Å². The quantitative estimate of drug-likeness (QED) is 0.419. The normalized spacial score (nSPS) is 12.0. The topological polar surface area (TPSA) is 39.1 Å². The minimum Gasteiger partial charge on any atom is -0.494 e. The smallest absolute Gasteiger partial charge is 0.203 e. The molecular formula is C23H28BrN3O. The molecule has 0 spiro atoms. The molecule has 0 saturated heterocycles. The lowest BCUT2D eigenvalue weighted by molar-refractivity contribution is 0.340. The van der Waals surface area contributed by atoms with E-state index in [-0.39, 0.29) is 0 Å². The number of ether oxygens (including phenoxy) is 1. The molecular weight excluding hydrogens is 414 g/mol. The van der Waals surface area contributed by atoms with Gasteiger partial charge in [0.05, 0.1) is 18.5 Å². The van der Waals surface area contributed by atoms with Crippen LogP contribution >= 0.6 is 15.9 Å². The number of nitrogens with zero attached hydrogens (tertiary/aromatic N) is 2. The van der Waals surface area contributed by atoms with E-state index in [1.807, 2.05) is 25.3 Å². The number of halogens is 1. The van der Waals surface area contributed by atoms with Gasteiger partial charge in [-0.2, -0.15) is 0 Å². The number of nitrogens with one attached hydrogen (secondary N) is 1. The lowest BCUT2D eigenvalue weighted by atomic mass is 10.1. The van der Waals surface area contributed by atoms with Crippen molar-refractivity contribution in [3.63, 3.8) is 0 Å². The highest BCUT2D eigenvalue weighted by molar-refractivity contribution is 9.10. The molecule has 148 valence electrons. The summed E-state index contributed by atoms with van der Waals surface area (Å²) in [6, 6.07) is 16.6. The molecule has 0 aliphatic rings. The molecule has 1 heterocycles. The summed E-state index contributed by atoms with van der Waals surface area (Å²) in [7, 11) is 0. The number of anilines is 1. The fraction of sp³-hybridized carbons (Fsp3) is 0.348. The van der Waals surface area contributed by atoms with E-state index >= 15 is 0 Å². The van der Waals surface area contributed by atoms with E-state index in [0.717, 1.165) is 46.9 Å². The standard InChI is InChI=1S/C23H28BrN3O/c1-4-17(3)16-27-22(19-8-12-21(13-9-19)28-5-2)15-26-23(27)25-14-18-6-10-20(24)11-7-18/h6-13,15,17H,4-5,14,16H2,1-3H3,(H,25,26). The molecule has 2 aromatic carbocycles. The minimum absolute atomic E-state index is 0.573. The van der Waals surface area contributed by atoms with Crippen LogP contribution in [-0.2, 0) is 13.1 Å². The van der Waals surface area contributed by atoms with Crippen LogP contribution in [0.3, 0.4) is 0 Å². The number of hydrogen-bond acceptors (Lipinski definition) is 3. The molecule has 3 rings (SSSR count). The maximum atomic E-state index is 5.57. The second kappa shape index (κ2) is 9.78. The molecule has 1 unspecified atom stereocenters. The van der Waals surface area contributed by atoms with Crippen molar-refractivity contribution < 1.29 is 4.74 Å². The van der Waals surface area contributed by atoms with Gasteiger partial charge in [-0.3, -0.25) is 0 Å². The lowest BCUT2D eigenvalue weighted by Crippen LogP contribution is -2.13. The number of benzene rings is 2. The predicted octanol–water partition coefficient (Wildman–Crippen LogP) is 6.37. The first-order valence-corrected chi connectivity index (χ1v) is 10.7. The van der Waals surface area contributed by atoms with E-state index in [9.17, 15) is 0 Å². The Morgan fingerprint density at radius 3 is 2.43 bits per heavy atom. The highest BCUT2D eigenvalue weighted by Crippen LogP contribution is 2.27. The third-order valence-electron chi connectivity index (χ3n) is 4.87. The van der Waals surface area contributed by atoms with Crippen LogP contribution in [0.15, 0.2) is 59.2 Å². The zero-order valence-electron chi connectivity index (χ0n) is 16.8. The van der Waals surface area contributed by atoms with Crippen molar-refractivity contribution in [2.75, 3.05) is 11.9 Å². The zero-order valence-corrected chi connectivity index (χ0v) is 18.4. The average Bonchev–Trinajstić information content (AvgIpc) is 3.10. The third kappa shape index (κ3) is 5.16. The van der Waals surface area contributed by atoms with Gasteiger partial charge in [-0.1, -0.05) is 48.3 Å². The van der Waals surface area contributed by atoms with Crippen molar-refractivity contribution >= 4 is 21.9 Å². The van der Waals surface area contributed by atoms with Crippen LogP contribution in [0, 0.1) is 5.92 Å². The SMILES string of the molecule is CCOc1ccc(-c2cnc(NCc3ccc(Br)cc3)n2CC(C)CC)cc1. The van der Waals surface area contributed by atoms with Crippen LogP contribution < -0.4 is 10.1 Å². The average molecular weight is 442 g/mol. The Morgan fingerprint density at radius 1 is 1.07 bits per heavy atom. The van der Waals surface area contributed by atoms with E-state index in [1.165, 1.54) is 5.56 Å². The van der Waals surface area contributed by atoms with Gasteiger partial charge in [0.15, 0.2) is 0 Å². The fourth-order valence-corrected chi connectivity index (χ4v) is 3.31. The molecule has 0 bridgehead atoms. The summed E-state index contributed by atoms with van der Waals surface area (Å²) in [5.74, 6) is 2.38. The molecule has 3 aromatic rings. The van der Waals surface area contributed by atoms with Crippen molar-refractivity contribution in [3.05, 3.63) is 64.8 Å². The van der Waals surface area contributed by atoms with E-state index < -0.39 is 0 Å². The highest BCUT2D eigenvalue weighted by atomic mass is 79.9. The first kappa shape index (κ1) is 20.5. The van der Waals surface area contributed by atoms with Crippen molar-refractivity contribution in [1.29, 1.82) is 0 Å². The van der Waals surface area contributed by atoms with Crippen LogP contribution in [-0.4, -0.2) is 16.2 Å². The molecule has 1 N–H and O–H groups in total. The summed E-state index contributed by atoms with van der Waals surface area (Å²) in [5.41, 5.74) is 3.50. The maximum absolute atomic E-state index is 5.57. The molecule has 28 heavy (non-hydrogen) atoms. The first-order valence-electron chi connectivity index (χ1n) is 9.87. The third-order valence-corrected chi connectivity index (χ3v) is 5.40. The van der Waals surface area contributed by atoms with Gasteiger partial charge in [0.25, 0.3) is 0 Å². The van der Waals surface area contributed by atoms with Crippen LogP contribution in [0.4, 0.5) is 5.95 Å². The minimum atomic E-state index is 0.573. The van der Waals surface area contributed by atoms with Gasteiger partial charge in [-0.15, -0.1) is 0 Å². The fourth-order valence-electron chi connectivity index (χ4n) is 3.04. The van der Waals surface area contributed by atoms with Gasteiger partial charge >= 0.3 is 0 Å². The van der Waals surface area contributed by atoms with E-state index in [4.69, 9.17) is 4.74 Å². The van der Waals surface area contributed by atoms with E-state index in [2.05, 4.69) is 81.0 Å². The van der Waals surface area contributed by atoms with Crippen LogP contribution in [0.25, 0.3) is 11.3 Å². The molecule has 0 amide bonds. The second-order valence-corrected chi connectivity index (χ2v) is 7.94. The molecule has 4 nitrogen and oxygen atoms in total. The highest BCUT2D eigenvalue weighted by Gasteiger charge is 2.14. The van der Waals surface area contributed by atoms with Gasteiger partial charge in [-0.05, 0) is 54.8 Å². The van der Waals surface area contributed by atoms with Crippen molar-refractivity contribution in [1.82, 2.24) is 9.55 Å². The van der Waals surface area contributed by atoms with Crippen LogP contribution in [0.5, 0.6) is 5.75 Å². The van der Waals surface area contributed by atoms with E-state index in [1.54, 1.807) is 0 Å². The van der Waals surface area contributed by atoms with E-state index in [0.29, 0.717) is 12.5 Å². The van der Waals surface area contributed by atoms with Crippen molar-refractivity contribution in [2.45, 2.75) is 40.3 Å². The summed E-state index contributed by atoms with van der Waals surface area (Å²) in [5, 5.41) is 3.51. The van der Waals surface area contributed by atoms with Crippen LogP contribution in [0.1, 0.15) is 32.8 Å². The molecule has 0 aliphatic heterocycles. The van der Waals surface area contributed by atoms with Gasteiger partial charge in [0.2, 0.25) is 5.95 Å². The van der Waals surface area contributed by atoms with Gasteiger partial charge in [0.1, 0.15) is 5.75 Å². The molecule has 1 atom stereocenters. The molecule has 5 heteroatoms.